The van der Waals surface area contributed by atoms with Gasteiger partial charge < -0.3 is 19.9 Å². The fraction of sp³-hybridized carbons (Fsp3) is 0.500. The van der Waals surface area contributed by atoms with Gasteiger partial charge in [0.2, 0.25) is 5.91 Å². The molecule has 0 saturated carbocycles. The highest BCUT2D eigenvalue weighted by Gasteiger charge is 2.42. The third kappa shape index (κ3) is 5.19. The van der Waals surface area contributed by atoms with Crippen molar-refractivity contribution in [3.8, 4) is 0 Å². The summed E-state index contributed by atoms with van der Waals surface area (Å²) in [7, 11) is 0. The Morgan fingerprint density at radius 3 is 2.53 bits per heavy atom. The van der Waals surface area contributed by atoms with Gasteiger partial charge in [-0.05, 0) is 58.3 Å². The van der Waals surface area contributed by atoms with Crippen molar-refractivity contribution < 1.29 is 14.3 Å². The van der Waals surface area contributed by atoms with Crippen molar-refractivity contribution in [3.05, 3.63) is 64.4 Å². The molecule has 3 unspecified atom stereocenters. The molecule has 0 bridgehead atoms. The summed E-state index contributed by atoms with van der Waals surface area (Å²) in [6.45, 7) is 5.69. The van der Waals surface area contributed by atoms with Crippen LogP contribution in [0.3, 0.4) is 0 Å². The minimum atomic E-state index is -0.0410. The van der Waals surface area contributed by atoms with Gasteiger partial charge in [0.15, 0.2) is 0 Å². The Hall–Kier alpha value is -2.29. The zero-order valence-corrected chi connectivity index (χ0v) is 20.8. The van der Waals surface area contributed by atoms with Crippen LogP contribution in [-0.2, 0) is 9.53 Å². The molecule has 180 valence electrons. The van der Waals surface area contributed by atoms with Crippen LogP contribution in [0.25, 0.3) is 0 Å². The number of hydrogen-bond acceptors (Lipinski definition) is 5. The number of carbonyl (C=O) groups excluding carboxylic acids is 2. The van der Waals surface area contributed by atoms with Gasteiger partial charge in [-0.25, -0.2) is 4.98 Å². The molecular formula is C26H31BrN4O3. The fourth-order valence-corrected chi connectivity index (χ4v) is 5.92. The first-order valence-electron chi connectivity index (χ1n) is 12.1. The van der Waals surface area contributed by atoms with Gasteiger partial charge in [0.1, 0.15) is 4.60 Å². The predicted octanol–water partition coefficient (Wildman–Crippen LogP) is 3.13. The summed E-state index contributed by atoms with van der Waals surface area (Å²) in [5.41, 5.74) is 1.78. The largest absolute Gasteiger partial charge is 0.381 e. The Labute approximate surface area is 209 Å². The van der Waals surface area contributed by atoms with Crippen LogP contribution in [0.2, 0.25) is 0 Å². The molecule has 4 atom stereocenters. The van der Waals surface area contributed by atoms with Gasteiger partial charge in [0, 0.05) is 45.5 Å². The first-order chi connectivity index (χ1) is 16.6. The average Bonchev–Trinajstić information content (AvgIpc) is 3.59. The number of hydrogen-bond donors (Lipinski definition) is 1. The lowest BCUT2D eigenvalue weighted by Crippen LogP contribution is -2.37. The van der Waals surface area contributed by atoms with E-state index in [1.807, 2.05) is 29.2 Å². The van der Waals surface area contributed by atoms with E-state index >= 15 is 0 Å². The molecule has 7 nitrogen and oxygen atoms in total. The van der Waals surface area contributed by atoms with Crippen molar-refractivity contribution in [3.63, 3.8) is 0 Å². The van der Waals surface area contributed by atoms with Gasteiger partial charge in [-0.2, -0.15) is 0 Å². The number of likely N-dealkylation sites (tertiary alicyclic amines) is 2. The highest BCUT2D eigenvalue weighted by atomic mass is 79.9. The maximum atomic E-state index is 13.0. The standard InChI is InChI=1S/C26H31BrN4O3/c27-24-22(7-4-10-28-24)26(33)31-15-20-13-30(14-21(20)16-31)11-8-23(18-5-2-1-3-6-18)29-25(32)19-9-12-34-17-19/h1-7,10,19-21,23H,8-9,11-17H2,(H,29,32)/t19?,20?,21?,23-/m0/s1. The molecule has 2 amide bonds. The Bertz CT molecular complexity index is 1000. The van der Waals surface area contributed by atoms with E-state index in [0.717, 1.165) is 51.1 Å². The van der Waals surface area contributed by atoms with E-state index in [4.69, 9.17) is 4.74 Å². The number of pyridine rings is 1. The zero-order valence-electron chi connectivity index (χ0n) is 19.2. The quantitative estimate of drug-likeness (QED) is 0.561. The highest BCUT2D eigenvalue weighted by molar-refractivity contribution is 9.10. The molecule has 2 aromatic rings. The fourth-order valence-electron chi connectivity index (χ4n) is 5.50. The second-order valence-electron chi connectivity index (χ2n) is 9.65. The van der Waals surface area contributed by atoms with E-state index in [2.05, 4.69) is 43.3 Å². The Morgan fingerprint density at radius 1 is 1.09 bits per heavy atom. The van der Waals surface area contributed by atoms with Gasteiger partial charge in [0.05, 0.1) is 24.1 Å². The maximum Gasteiger partial charge on any atom is 0.256 e. The van der Waals surface area contributed by atoms with Gasteiger partial charge in [-0.15, -0.1) is 0 Å². The molecule has 0 aliphatic carbocycles. The van der Waals surface area contributed by atoms with Crippen LogP contribution in [-0.4, -0.2) is 72.5 Å². The Balaban J connectivity index is 1.16. The molecule has 3 fully saturated rings. The Morgan fingerprint density at radius 2 is 1.85 bits per heavy atom. The van der Waals surface area contributed by atoms with E-state index in [9.17, 15) is 9.59 Å². The van der Waals surface area contributed by atoms with Crippen LogP contribution >= 0.6 is 15.9 Å². The van der Waals surface area contributed by atoms with Crippen molar-refractivity contribution in [1.82, 2.24) is 20.1 Å². The summed E-state index contributed by atoms with van der Waals surface area (Å²) in [6, 6.07) is 13.9. The lowest BCUT2D eigenvalue weighted by atomic mass is 10.0. The number of halogens is 1. The van der Waals surface area contributed by atoms with E-state index in [1.165, 1.54) is 0 Å². The third-order valence-corrected chi connectivity index (χ3v) is 8.02. The van der Waals surface area contributed by atoms with Crippen LogP contribution in [0.1, 0.15) is 34.8 Å². The lowest BCUT2D eigenvalue weighted by Gasteiger charge is -2.25. The van der Waals surface area contributed by atoms with Crippen LogP contribution in [0.4, 0.5) is 0 Å². The van der Waals surface area contributed by atoms with E-state index < -0.39 is 0 Å². The molecule has 1 aromatic heterocycles. The van der Waals surface area contributed by atoms with Gasteiger partial charge >= 0.3 is 0 Å². The number of nitrogens with one attached hydrogen (secondary N) is 1. The normalized spacial score (nSPS) is 25.3. The number of carbonyl (C=O) groups is 2. The molecule has 3 aliphatic rings. The van der Waals surface area contributed by atoms with Crippen molar-refractivity contribution in [2.75, 3.05) is 45.9 Å². The van der Waals surface area contributed by atoms with Crippen molar-refractivity contribution in [1.29, 1.82) is 0 Å². The van der Waals surface area contributed by atoms with Gasteiger partial charge in [-0.3, -0.25) is 9.59 Å². The number of fused-ring (bicyclic) bond motifs is 1. The molecule has 5 rings (SSSR count). The highest BCUT2D eigenvalue weighted by Crippen LogP contribution is 2.33. The van der Waals surface area contributed by atoms with Crippen LogP contribution in [0, 0.1) is 17.8 Å². The molecule has 1 N–H and O–H groups in total. The minimum absolute atomic E-state index is 0.00394. The number of nitrogens with zero attached hydrogens (tertiary/aromatic N) is 3. The molecule has 8 heteroatoms. The predicted molar refractivity (Wildman–Crippen MR) is 132 cm³/mol. The monoisotopic (exact) mass is 526 g/mol. The lowest BCUT2D eigenvalue weighted by molar-refractivity contribution is -0.125. The zero-order chi connectivity index (χ0) is 23.5. The second-order valence-corrected chi connectivity index (χ2v) is 10.4. The summed E-state index contributed by atoms with van der Waals surface area (Å²) in [5, 5.41) is 3.29. The first-order valence-corrected chi connectivity index (χ1v) is 12.9. The number of rotatable bonds is 7. The molecule has 4 heterocycles. The van der Waals surface area contributed by atoms with E-state index in [1.54, 1.807) is 12.3 Å². The second kappa shape index (κ2) is 10.5. The summed E-state index contributed by atoms with van der Waals surface area (Å²) in [6.07, 6.45) is 3.35. The van der Waals surface area contributed by atoms with E-state index in [-0.39, 0.29) is 23.8 Å². The summed E-state index contributed by atoms with van der Waals surface area (Å²) in [4.78, 5) is 34.4. The summed E-state index contributed by atoms with van der Waals surface area (Å²) >= 11 is 3.40. The Kier molecular flexibility index (Phi) is 7.27. The minimum Gasteiger partial charge on any atom is -0.381 e. The number of benzene rings is 1. The molecule has 3 aliphatic heterocycles. The SMILES string of the molecule is O=C(N[C@@H](CCN1CC2CN(C(=O)c3cccnc3Br)CC2C1)c1ccccc1)C1CCOC1. The first kappa shape index (κ1) is 23.5. The van der Waals surface area contributed by atoms with Crippen LogP contribution < -0.4 is 5.32 Å². The average molecular weight is 527 g/mol. The third-order valence-electron chi connectivity index (χ3n) is 7.39. The van der Waals surface area contributed by atoms with Crippen molar-refractivity contribution in [2.45, 2.75) is 18.9 Å². The number of amides is 2. The number of ether oxygens (including phenoxy) is 1. The molecular weight excluding hydrogens is 496 g/mol. The van der Waals surface area contributed by atoms with Gasteiger partial charge in [0.25, 0.3) is 5.91 Å². The van der Waals surface area contributed by atoms with Crippen LogP contribution in [0.15, 0.2) is 53.3 Å². The molecule has 0 radical (unpaired) electrons. The molecule has 0 spiro atoms. The van der Waals surface area contributed by atoms with Crippen molar-refractivity contribution in [2.24, 2.45) is 17.8 Å². The topological polar surface area (TPSA) is 74.8 Å². The summed E-state index contributed by atoms with van der Waals surface area (Å²) in [5.74, 6) is 1.12. The smallest absolute Gasteiger partial charge is 0.256 e. The molecule has 1 aromatic carbocycles. The summed E-state index contributed by atoms with van der Waals surface area (Å²) < 4.78 is 6.01. The maximum absolute atomic E-state index is 13.0. The van der Waals surface area contributed by atoms with Gasteiger partial charge in [-0.1, -0.05) is 30.3 Å². The molecule has 34 heavy (non-hydrogen) atoms. The molecule has 3 saturated heterocycles. The number of aromatic nitrogens is 1. The van der Waals surface area contributed by atoms with E-state index in [0.29, 0.717) is 35.2 Å². The van der Waals surface area contributed by atoms with Crippen LogP contribution in [0.5, 0.6) is 0 Å². The van der Waals surface area contributed by atoms with Crippen molar-refractivity contribution >= 4 is 27.7 Å².